The van der Waals surface area contributed by atoms with Gasteiger partial charge in [-0.2, -0.15) is 0 Å². The van der Waals surface area contributed by atoms with Crippen LogP contribution in [0.2, 0.25) is 0 Å². The second-order valence-electron chi connectivity index (χ2n) is 14.4. The fraction of sp³-hybridized carbons (Fsp3) is 0.390. The van der Waals surface area contributed by atoms with Gasteiger partial charge in [0.05, 0.1) is 12.6 Å². The van der Waals surface area contributed by atoms with Crippen LogP contribution in [-0.4, -0.2) is 41.7 Å². The maximum Gasteiger partial charge on any atom is 0.193 e. The molecule has 244 valence electrons. The summed E-state index contributed by atoms with van der Waals surface area (Å²) < 4.78 is 15.0. The zero-order valence-electron chi connectivity index (χ0n) is 27.7. The van der Waals surface area contributed by atoms with Crippen molar-refractivity contribution in [2.24, 2.45) is 10.4 Å². The standard InChI is InChI=1S/C41H47N3O3/c1-38(2,3)34(29-45)42-37-43-40(30-19-9-4-10-20-30,31-21-11-5-12-22-31)35-36(47-39(46-35)27-17-8-18-28-39)41(44-37,32-23-13-6-14-24-32)33-25-15-7-16-26-33/h4-7,9-16,19-26,34-36,45H,8,17-18,27-29H2,1-3H3,(H2,42,43,44)/t34-,35-,36-/m1/s1. The zero-order chi connectivity index (χ0) is 32.5. The van der Waals surface area contributed by atoms with Crippen LogP contribution in [0.15, 0.2) is 126 Å². The molecule has 6 heteroatoms. The number of fused-ring (bicyclic) bond motifs is 1. The van der Waals surface area contributed by atoms with Gasteiger partial charge in [0, 0.05) is 12.8 Å². The van der Waals surface area contributed by atoms with Gasteiger partial charge in [-0.3, -0.25) is 0 Å². The van der Waals surface area contributed by atoms with Crippen molar-refractivity contribution in [1.82, 2.24) is 10.6 Å². The first-order valence-electron chi connectivity index (χ1n) is 17.1. The fourth-order valence-electron chi connectivity index (χ4n) is 7.93. The van der Waals surface area contributed by atoms with Crippen molar-refractivity contribution in [3.63, 3.8) is 0 Å². The van der Waals surface area contributed by atoms with Crippen LogP contribution in [0.4, 0.5) is 0 Å². The molecule has 2 aliphatic heterocycles. The van der Waals surface area contributed by atoms with E-state index in [-0.39, 0.29) is 18.1 Å². The highest BCUT2D eigenvalue weighted by atomic mass is 16.8. The Labute approximate surface area is 279 Å². The molecule has 1 aliphatic carbocycles. The summed E-state index contributed by atoms with van der Waals surface area (Å²) in [5.41, 5.74) is 2.13. The molecule has 3 aliphatic rings. The number of nitrogens with zero attached hydrogens (tertiary/aromatic N) is 1. The second-order valence-corrected chi connectivity index (χ2v) is 14.4. The zero-order valence-corrected chi connectivity index (χ0v) is 27.7. The SMILES string of the molecule is CC(C)(C)[C@@H](CO)N=C1NC(c2ccccc2)(c2ccccc2)[C@@H]2OC3(CCCCC3)O[C@H]2C(c2ccccc2)(c2ccccc2)N1. The molecule has 0 unspecified atom stereocenters. The molecule has 3 atom stereocenters. The minimum atomic E-state index is -0.900. The number of aliphatic hydroxyl groups is 1. The van der Waals surface area contributed by atoms with E-state index in [0.717, 1.165) is 47.9 Å². The first-order valence-corrected chi connectivity index (χ1v) is 17.1. The van der Waals surface area contributed by atoms with E-state index in [1.165, 1.54) is 6.42 Å². The number of guanidine groups is 1. The highest BCUT2D eigenvalue weighted by molar-refractivity contribution is 5.85. The largest absolute Gasteiger partial charge is 0.394 e. The molecular formula is C41H47N3O3. The number of ether oxygens (including phenoxy) is 2. The number of rotatable bonds is 6. The molecule has 6 nitrogen and oxygen atoms in total. The molecular weight excluding hydrogens is 582 g/mol. The molecule has 0 radical (unpaired) electrons. The lowest BCUT2D eigenvalue weighted by Gasteiger charge is -2.43. The van der Waals surface area contributed by atoms with Crippen molar-refractivity contribution < 1.29 is 14.6 Å². The minimum absolute atomic E-state index is 0.0906. The number of benzene rings is 4. The summed E-state index contributed by atoms with van der Waals surface area (Å²) in [6.45, 7) is 6.26. The molecule has 1 saturated carbocycles. The second kappa shape index (κ2) is 12.6. The lowest BCUT2D eigenvalue weighted by atomic mass is 9.69. The summed E-state index contributed by atoms with van der Waals surface area (Å²) in [5.74, 6) is -0.132. The molecule has 2 heterocycles. The van der Waals surface area contributed by atoms with Gasteiger partial charge in [-0.25, -0.2) is 4.99 Å². The van der Waals surface area contributed by atoms with E-state index in [4.69, 9.17) is 14.5 Å². The number of aliphatic imine (C=N–C) groups is 1. The molecule has 1 spiro atoms. The van der Waals surface area contributed by atoms with E-state index in [0.29, 0.717) is 5.96 Å². The Kier molecular flexibility index (Phi) is 8.46. The molecule has 4 aromatic carbocycles. The Hall–Kier alpha value is -3.97. The van der Waals surface area contributed by atoms with Gasteiger partial charge in [0.1, 0.15) is 23.3 Å². The molecule has 0 aromatic heterocycles. The average Bonchev–Trinajstić information content (AvgIpc) is 3.42. The topological polar surface area (TPSA) is 75.1 Å². The predicted molar refractivity (Wildman–Crippen MR) is 187 cm³/mol. The molecule has 3 N–H and O–H groups in total. The maximum atomic E-state index is 10.7. The summed E-state index contributed by atoms with van der Waals surface area (Å²) in [6, 6.07) is 42.0. The Morgan fingerprint density at radius 3 is 1.32 bits per heavy atom. The summed E-state index contributed by atoms with van der Waals surface area (Å²) in [6.07, 6.45) is 4.03. The van der Waals surface area contributed by atoms with Gasteiger partial charge in [0.2, 0.25) is 0 Å². The van der Waals surface area contributed by atoms with Crippen LogP contribution in [0.3, 0.4) is 0 Å². The highest BCUT2D eigenvalue weighted by Gasteiger charge is 2.66. The third-order valence-corrected chi connectivity index (χ3v) is 10.4. The van der Waals surface area contributed by atoms with Gasteiger partial charge >= 0.3 is 0 Å². The Bertz CT molecular complexity index is 1460. The van der Waals surface area contributed by atoms with Crippen LogP contribution in [0.25, 0.3) is 0 Å². The van der Waals surface area contributed by atoms with E-state index in [1.807, 2.05) is 0 Å². The quantitative estimate of drug-likeness (QED) is 0.209. The lowest BCUT2D eigenvalue weighted by molar-refractivity contribution is -0.202. The van der Waals surface area contributed by atoms with Crippen molar-refractivity contribution in [3.05, 3.63) is 144 Å². The fourth-order valence-corrected chi connectivity index (χ4v) is 7.93. The van der Waals surface area contributed by atoms with Crippen molar-refractivity contribution in [2.75, 3.05) is 6.61 Å². The first-order chi connectivity index (χ1) is 22.8. The van der Waals surface area contributed by atoms with Gasteiger partial charge in [-0.05, 0) is 40.5 Å². The van der Waals surface area contributed by atoms with Crippen molar-refractivity contribution in [3.8, 4) is 0 Å². The minimum Gasteiger partial charge on any atom is -0.394 e. The molecule has 0 bridgehead atoms. The van der Waals surface area contributed by atoms with Crippen LogP contribution in [0.5, 0.6) is 0 Å². The van der Waals surface area contributed by atoms with Gasteiger partial charge in [0.25, 0.3) is 0 Å². The maximum absolute atomic E-state index is 10.7. The van der Waals surface area contributed by atoms with Crippen LogP contribution < -0.4 is 10.6 Å². The Morgan fingerprint density at radius 2 is 1.00 bits per heavy atom. The predicted octanol–water partition coefficient (Wildman–Crippen LogP) is 7.27. The summed E-state index contributed by atoms with van der Waals surface area (Å²) in [7, 11) is 0. The van der Waals surface area contributed by atoms with Crippen LogP contribution in [-0.2, 0) is 20.6 Å². The molecule has 4 aromatic rings. The highest BCUT2D eigenvalue weighted by Crippen LogP contribution is 2.54. The van der Waals surface area contributed by atoms with Crippen LogP contribution in [0, 0.1) is 5.41 Å². The summed E-state index contributed by atoms with van der Waals surface area (Å²) in [4.78, 5) is 5.34. The van der Waals surface area contributed by atoms with Gasteiger partial charge < -0.3 is 25.2 Å². The van der Waals surface area contributed by atoms with Crippen molar-refractivity contribution in [1.29, 1.82) is 0 Å². The monoisotopic (exact) mass is 629 g/mol. The van der Waals surface area contributed by atoms with Gasteiger partial charge in [-0.15, -0.1) is 0 Å². The molecule has 7 rings (SSSR count). The van der Waals surface area contributed by atoms with E-state index >= 15 is 0 Å². The third kappa shape index (κ3) is 5.56. The molecule has 3 fully saturated rings. The van der Waals surface area contributed by atoms with E-state index in [9.17, 15) is 5.11 Å². The molecule has 0 amide bonds. The summed E-state index contributed by atoms with van der Waals surface area (Å²) >= 11 is 0. The van der Waals surface area contributed by atoms with Gasteiger partial charge in [0.15, 0.2) is 11.7 Å². The number of aliphatic hydroxyl groups excluding tert-OH is 1. The summed E-state index contributed by atoms with van der Waals surface area (Å²) in [5, 5.41) is 18.7. The third-order valence-electron chi connectivity index (χ3n) is 10.4. The average molecular weight is 630 g/mol. The Morgan fingerprint density at radius 1 is 0.638 bits per heavy atom. The van der Waals surface area contributed by atoms with Gasteiger partial charge in [-0.1, -0.05) is 149 Å². The van der Waals surface area contributed by atoms with Crippen molar-refractivity contribution >= 4 is 5.96 Å². The van der Waals surface area contributed by atoms with E-state index in [2.05, 4.69) is 153 Å². The smallest absolute Gasteiger partial charge is 0.193 e. The number of hydrogen-bond donors (Lipinski definition) is 3. The number of hydrogen-bond acceptors (Lipinski definition) is 4. The normalized spacial score (nSPS) is 23.5. The molecule has 47 heavy (non-hydrogen) atoms. The van der Waals surface area contributed by atoms with E-state index < -0.39 is 29.1 Å². The Balaban J connectivity index is 1.58. The molecule has 2 saturated heterocycles. The number of nitrogens with one attached hydrogen (secondary N) is 2. The van der Waals surface area contributed by atoms with Crippen molar-refractivity contribution in [2.45, 2.75) is 88.0 Å². The van der Waals surface area contributed by atoms with Crippen LogP contribution >= 0.6 is 0 Å². The lowest BCUT2D eigenvalue weighted by Crippen LogP contribution is -2.58. The first kappa shape index (κ1) is 31.6. The van der Waals surface area contributed by atoms with Crippen LogP contribution in [0.1, 0.15) is 75.1 Å². The van der Waals surface area contributed by atoms with E-state index in [1.54, 1.807) is 0 Å².